The number of carbonyl (C=O) groups is 3. The fourth-order valence-electron chi connectivity index (χ4n) is 11.3. The first kappa shape index (κ1) is 31.7. The lowest BCUT2D eigenvalue weighted by atomic mass is 9.33. The van der Waals surface area contributed by atoms with Crippen molar-refractivity contribution < 1.29 is 23.9 Å². The Morgan fingerprint density at radius 2 is 1.64 bits per heavy atom. The Balaban J connectivity index is 1.50. The van der Waals surface area contributed by atoms with Crippen LogP contribution >= 0.6 is 0 Å². The third-order valence-electron chi connectivity index (χ3n) is 14.2. The monoisotopic (exact) mass is 584 g/mol. The quantitative estimate of drug-likeness (QED) is 0.396. The molecule has 7 heteroatoms. The number of carbonyl (C=O) groups excluding carboxylic acids is 3. The Labute approximate surface area is 253 Å². The highest BCUT2D eigenvalue weighted by atomic mass is 16.5. The summed E-state index contributed by atoms with van der Waals surface area (Å²) in [5.74, 6) is 0.129. The predicted octanol–water partition coefficient (Wildman–Crippen LogP) is 5.73. The minimum Gasteiger partial charge on any atom is -0.469 e. The number of fused-ring (bicyclic) bond motifs is 7. The van der Waals surface area contributed by atoms with Gasteiger partial charge in [-0.25, -0.2) is 0 Å². The lowest BCUT2D eigenvalue weighted by Gasteiger charge is -2.70. The van der Waals surface area contributed by atoms with Gasteiger partial charge in [0.1, 0.15) is 12.1 Å². The highest BCUT2D eigenvalue weighted by Crippen LogP contribution is 2.75. The van der Waals surface area contributed by atoms with Gasteiger partial charge in [0.15, 0.2) is 5.78 Å². The third kappa shape index (κ3) is 4.29. The maximum Gasteiger partial charge on any atom is 0.323 e. The van der Waals surface area contributed by atoms with E-state index < -0.39 is 11.5 Å². The Hall–Kier alpha value is -1.73. The summed E-state index contributed by atoms with van der Waals surface area (Å²) in [6, 6.07) is -0.699. The van der Waals surface area contributed by atoms with Gasteiger partial charge >= 0.3 is 11.9 Å². The van der Waals surface area contributed by atoms with Crippen molar-refractivity contribution in [3.05, 3.63) is 11.6 Å². The number of nitrogens with two attached hydrogens (primary N) is 2. The highest BCUT2D eigenvalue weighted by Gasteiger charge is 2.70. The summed E-state index contributed by atoms with van der Waals surface area (Å²) < 4.78 is 11.3. The Kier molecular flexibility index (Phi) is 7.66. The number of hydrogen-bond acceptors (Lipinski definition) is 7. The van der Waals surface area contributed by atoms with Crippen molar-refractivity contribution in [1.82, 2.24) is 0 Å². The van der Waals surface area contributed by atoms with E-state index in [0.717, 1.165) is 57.8 Å². The molecule has 4 N–H and O–H groups in total. The van der Waals surface area contributed by atoms with Gasteiger partial charge in [0.2, 0.25) is 0 Å². The van der Waals surface area contributed by atoms with Crippen LogP contribution in [-0.4, -0.2) is 43.5 Å². The second-order valence-corrected chi connectivity index (χ2v) is 16.7. The van der Waals surface area contributed by atoms with E-state index in [0.29, 0.717) is 13.0 Å². The molecule has 5 aliphatic carbocycles. The molecule has 5 aliphatic rings. The average molecular weight is 585 g/mol. The fraction of sp³-hybridized carbons (Fsp3) is 0.857. The zero-order chi connectivity index (χ0) is 31.1. The van der Waals surface area contributed by atoms with Crippen LogP contribution in [0.2, 0.25) is 0 Å². The van der Waals surface area contributed by atoms with E-state index in [-0.39, 0.29) is 68.7 Å². The Morgan fingerprint density at radius 1 is 0.976 bits per heavy atom. The van der Waals surface area contributed by atoms with Crippen LogP contribution in [0.5, 0.6) is 0 Å². The van der Waals surface area contributed by atoms with Crippen molar-refractivity contribution in [3.8, 4) is 0 Å². The van der Waals surface area contributed by atoms with Gasteiger partial charge in [-0.2, -0.15) is 0 Å². The van der Waals surface area contributed by atoms with Crippen molar-refractivity contribution in [2.45, 2.75) is 125 Å². The van der Waals surface area contributed by atoms with Crippen molar-refractivity contribution in [1.29, 1.82) is 0 Å². The normalized spacial score (nSPS) is 46.6. The van der Waals surface area contributed by atoms with Gasteiger partial charge in [-0.15, -0.1) is 0 Å². The molecule has 0 spiro atoms. The summed E-state index contributed by atoms with van der Waals surface area (Å²) >= 11 is 0. The van der Waals surface area contributed by atoms with Crippen molar-refractivity contribution in [2.75, 3.05) is 13.7 Å². The second kappa shape index (κ2) is 10.2. The van der Waals surface area contributed by atoms with Gasteiger partial charge in [-0.1, -0.05) is 47.1 Å². The van der Waals surface area contributed by atoms with Crippen LogP contribution in [0.25, 0.3) is 0 Å². The molecule has 0 aromatic carbocycles. The third-order valence-corrected chi connectivity index (χ3v) is 14.2. The van der Waals surface area contributed by atoms with Crippen LogP contribution in [0.1, 0.15) is 113 Å². The number of ketones is 1. The molecule has 4 fully saturated rings. The molecular formula is C35H56N2O5. The summed E-state index contributed by atoms with van der Waals surface area (Å²) in [6.07, 6.45) is 10.5. The number of hydrogen-bond donors (Lipinski definition) is 2. The van der Waals surface area contributed by atoms with Gasteiger partial charge in [-0.3, -0.25) is 14.4 Å². The van der Waals surface area contributed by atoms with Gasteiger partial charge in [0, 0.05) is 11.3 Å². The molecule has 7 nitrogen and oxygen atoms in total. The van der Waals surface area contributed by atoms with Crippen LogP contribution in [-0.2, 0) is 23.9 Å². The summed E-state index contributed by atoms with van der Waals surface area (Å²) in [4.78, 5) is 40.3. The van der Waals surface area contributed by atoms with Gasteiger partial charge in [-0.05, 0) is 117 Å². The molecule has 0 amide bonds. The van der Waals surface area contributed by atoms with Crippen LogP contribution in [0, 0.1) is 50.2 Å². The number of esters is 2. The summed E-state index contributed by atoms with van der Waals surface area (Å²) in [7, 11) is 1.49. The second-order valence-electron chi connectivity index (χ2n) is 16.7. The van der Waals surface area contributed by atoms with Crippen LogP contribution in [0.4, 0.5) is 0 Å². The van der Waals surface area contributed by atoms with Crippen molar-refractivity contribution >= 4 is 17.7 Å². The number of ether oxygens (including phenoxy) is 2. The molecule has 4 saturated carbocycles. The van der Waals surface area contributed by atoms with Gasteiger partial charge in [0.05, 0.1) is 12.5 Å². The molecule has 0 radical (unpaired) electrons. The van der Waals surface area contributed by atoms with Crippen LogP contribution in [0.15, 0.2) is 11.6 Å². The minimum atomic E-state index is -0.699. The van der Waals surface area contributed by atoms with Crippen LogP contribution < -0.4 is 11.5 Å². The van der Waals surface area contributed by atoms with Crippen LogP contribution in [0.3, 0.4) is 0 Å². The van der Waals surface area contributed by atoms with E-state index in [1.807, 2.05) is 0 Å². The topological polar surface area (TPSA) is 122 Å². The standard InChI is InChI=1S/C35H56N2O5/c1-30(2)25-9-13-35(7)27(33(25,5)12-10-26(30)42-28(39)23(37)11-18-36)24(38)19-21-22-20-32(4,29(40)41-8)15-14-31(22,3)16-17-34(21,35)6/h19,22-23,25-27H,9-18,20,36-37H2,1-8H3/t22-,23-,25-,26-,27+,31+,32-,33-,34+,35+/m0/s1. The van der Waals surface area contributed by atoms with E-state index in [9.17, 15) is 14.4 Å². The van der Waals surface area contributed by atoms with Gasteiger partial charge in [0.25, 0.3) is 0 Å². The summed E-state index contributed by atoms with van der Waals surface area (Å²) in [5, 5.41) is 0. The predicted molar refractivity (Wildman–Crippen MR) is 163 cm³/mol. The number of methoxy groups -OCH3 is 1. The average Bonchev–Trinajstić information content (AvgIpc) is 2.92. The molecule has 0 unspecified atom stereocenters. The molecule has 0 aromatic rings. The maximum atomic E-state index is 14.6. The SMILES string of the molecule is COC(=O)[C@@]1(C)CC[C@]2(C)CC[C@]3(C)C(=CC(=O)[C@@H]4[C@@]5(C)CC[C@H](OC(=O)[C@@H](N)CCN)C(C)(C)[C@@H]5CC[C@]43C)[C@@H]2C1. The fourth-order valence-corrected chi connectivity index (χ4v) is 11.3. The molecule has 10 atom stereocenters. The molecule has 0 aliphatic heterocycles. The molecule has 0 heterocycles. The lowest BCUT2D eigenvalue weighted by Crippen LogP contribution is -2.67. The lowest BCUT2D eigenvalue weighted by molar-refractivity contribution is -0.211. The van der Waals surface area contributed by atoms with E-state index in [1.54, 1.807) is 0 Å². The molecule has 0 saturated heterocycles. The molecule has 236 valence electrons. The first-order chi connectivity index (χ1) is 19.4. The largest absolute Gasteiger partial charge is 0.469 e. The van der Waals surface area contributed by atoms with E-state index >= 15 is 0 Å². The van der Waals surface area contributed by atoms with E-state index in [2.05, 4.69) is 54.5 Å². The minimum absolute atomic E-state index is 0.0899. The van der Waals surface area contributed by atoms with Crippen molar-refractivity contribution in [3.63, 3.8) is 0 Å². The first-order valence-electron chi connectivity index (χ1n) is 16.4. The first-order valence-corrected chi connectivity index (χ1v) is 16.4. The highest BCUT2D eigenvalue weighted by molar-refractivity contribution is 5.95. The molecule has 0 aromatic heterocycles. The Bertz CT molecular complexity index is 1180. The summed E-state index contributed by atoms with van der Waals surface area (Å²) in [5.41, 5.74) is 11.8. The number of rotatable bonds is 5. The zero-order valence-corrected chi connectivity index (χ0v) is 27.4. The molecule has 5 rings (SSSR count). The molecule has 0 bridgehead atoms. The smallest absolute Gasteiger partial charge is 0.323 e. The van der Waals surface area contributed by atoms with Crippen molar-refractivity contribution in [2.24, 2.45) is 61.7 Å². The zero-order valence-electron chi connectivity index (χ0n) is 27.4. The molecular weight excluding hydrogens is 528 g/mol. The number of allylic oxidation sites excluding steroid dienone is 2. The summed E-state index contributed by atoms with van der Waals surface area (Å²) in [6.45, 7) is 16.4. The Morgan fingerprint density at radius 3 is 2.29 bits per heavy atom. The maximum absolute atomic E-state index is 14.6. The van der Waals surface area contributed by atoms with Gasteiger partial charge < -0.3 is 20.9 Å². The molecule has 42 heavy (non-hydrogen) atoms. The van der Waals surface area contributed by atoms with E-state index in [4.69, 9.17) is 20.9 Å². The van der Waals surface area contributed by atoms with E-state index in [1.165, 1.54) is 12.7 Å².